The molecule has 0 aliphatic carbocycles. The number of rotatable bonds is 3. The van der Waals surface area contributed by atoms with Crippen molar-refractivity contribution in [1.29, 1.82) is 0 Å². The summed E-state index contributed by atoms with van der Waals surface area (Å²) < 4.78 is 0. The molecule has 1 aliphatic heterocycles. The van der Waals surface area contributed by atoms with Gasteiger partial charge in [0, 0.05) is 5.02 Å². The molecule has 0 unspecified atom stereocenters. The molecule has 1 heterocycles. The maximum atomic E-state index is 13.2. The highest BCUT2D eigenvalue weighted by Gasteiger charge is 2.34. The van der Waals surface area contributed by atoms with E-state index in [9.17, 15) is 9.59 Å². The van der Waals surface area contributed by atoms with E-state index in [1.807, 2.05) is 55.5 Å². The zero-order chi connectivity index (χ0) is 21.3. The van der Waals surface area contributed by atoms with Crippen LogP contribution in [0, 0.1) is 6.92 Å². The van der Waals surface area contributed by atoms with Crippen LogP contribution in [0.5, 0.6) is 0 Å². The smallest absolute Gasteiger partial charge is 0.270 e. The third kappa shape index (κ3) is 3.90. The van der Waals surface area contributed by atoms with E-state index < -0.39 is 11.8 Å². The second-order valence-electron chi connectivity index (χ2n) is 6.89. The molecule has 0 saturated carbocycles. The summed E-state index contributed by atoms with van der Waals surface area (Å²) in [6.07, 6.45) is 1.61. The highest BCUT2D eigenvalue weighted by Crippen LogP contribution is 2.28. The number of carbonyl (C=O) groups is 2. The lowest BCUT2D eigenvalue weighted by Crippen LogP contribution is -2.54. The number of nitrogens with one attached hydrogen (secondary N) is 1. The van der Waals surface area contributed by atoms with E-state index in [2.05, 4.69) is 5.32 Å². The summed E-state index contributed by atoms with van der Waals surface area (Å²) in [5.41, 5.74) is 4.40. The van der Waals surface area contributed by atoms with Crippen molar-refractivity contribution in [1.82, 2.24) is 5.32 Å². The van der Waals surface area contributed by atoms with Crippen LogP contribution in [0.25, 0.3) is 17.2 Å². The minimum Gasteiger partial charge on any atom is -0.298 e. The molecule has 1 saturated heterocycles. The van der Waals surface area contributed by atoms with E-state index in [0.29, 0.717) is 10.7 Å². The standard InChI is InChI=1S/C24H17ClN2O2S/c1-15-6-8-16(9-7-15)20-5-3-2-4-17(20)14-21-22(28)26-24(30)27(23(21)29)19-12-10-18(25)11-13-19/h2-14H,1H3,(H,26,28,30). The Kier molecular flexibility index (Phi) is 5.48. The summed E-state index contributed by atoms with van der Waals surface area (Å²) in [7, 11) is 0. The van der Waals surface area contributed by atoms with Gasteiger partial charge in [-0.3, -0.25) is 19.8 Å². The lowest BCUT2D eigenvalue weighted by molar-refractivity contribution is -0.122. The SMILES string of the molecule is Cc1ccc(-c2ccccc2C=C2C(=O)NC(=S)N(c3ccc(Cl)cc3)C2=O)cc1. The number of thiocarbonyl (C=S) groups is 1. The fourth-order valence-electron chi connectivity index (χ4n) is 3.26. The Hall–Kier alpha value is -3.28. The number of hydrogen-bond donors (Lipinski definition) is 1. The Bertz CT molecular complexity index is 1180. The first-order valence-corrected chi connectivity index (χ1v) is 10.1. The van der Waals surface area contributed by atoms with Gasteiger partial charge < -0.3 is 0 Å². The molecule has 3 aromatic rings. The number of nitrogens with zero attached hydrogens (tertiary/aromatic N) is 1. The minimum absolute atomic E-state index is 0.0121. The molecule has 2 amide bonds. The molecule has 0 radical (unpaired) electrons. The first-order valence-electron chi connectivity index (χ1n) is 9.27. The number of carbonyl (C=O) groups excluding carboxylic acids is 2. The summed E-state index contributed by atoms with van der Waals surface area (Å²) in [6.45, 7) is 2.02. The van der Waals surface area contributed by atoms with Gasteiger partial charge in [0.15, 0.2) is 5.11 Å². The Morgan fingerprint density at radius 2 is 1.60 bits per heavy atom. The Labute approximate surface area is 184 Å². The van der Waals surface area contributed by atoms with Crippen LogP contribution in [0.15, 0.2) is 78.4 Å². The molecule has 148 valence electrons. The van der Waals surface area contributed by atoms with Crippen molar-refractivity contribution in [3.05, 3.63) is 94.5 Å². The molecule has 0 atom stereocenters. The van der Waals surface area contributed by atoms with Gasteiger partial charge in [-0.05, 0) is 66.2 Å². The predicted molar refractivity (Wildman–Crippen MR) is 124 cm³/mol. The van der Waals surface area contributed by atoms with Crippen molar-refractivity contribution < 1.29 is 9.59 Å². The van der Waals surface area contributed by atoms with Crippen LogP contribution in [-0.2, 0) is 9.59 Å². The first-order chi connectivity index (χ1) is 14.4. The highest BCUT2D eigenvalue weighted by atomic mass is 35.5. The van der Waals surface area contributed by atoms with E-state index in [1.54, 1.807) is 30.3 Å². The molecular formula is C24H17ClN2O2S. The van der Waals surface area contributed by atoms with Gasteiger partial charge in [-0.15, -0.1) is 0 Å². The number of amides is 2. The number of hydrogen-bond acceptors (Lipinski definition) is 3. The number of anilines is 1. The maximum Gasteiger partial charge on any atom is 0.270 e. The molecule has 4 nitrogen and oxygen atoms in total. The number of halogens is 1. The summed E-state index contributed by atoms with van der Waals surface area (Å²) >= 11 is 11.2. The molecule has 1 N–H and O–H groups in total. The topological polar surface area (TPSA) is 49.4 Å². The molecule has 0 aromatic heterocycles. The summed E-state index contributed by atoms with van der Waals surface area (Å²) in [4.78, 5) is 27.1. The van der Waals surface area contributed by atoms with Crippen LogP contribution >= 0.6 is 23.8 Å². The highest BCUT2D eigenvalue weighted by molar-refractivity contribution is 7.80. The van der Waals surface area contributed by atoms with Crippen molar-refractivity contribution in [2.45, 2.75) is 6.92 Å². The third-order valence-corrected chi connectivity index (χ3v) is 5.35. The quantitative estimate of drug-likeness (QED) is 0.354. The molecule has 1 aliphatic rings. The Morgan fingerprint density at radius 3 is 2.30 bits per heavy atom. The van der Waals surface area contributed by atoms with Crippen molar-refractivity contribution in [3.8, 4) is 11.1 Å². The second kappa shape index (κ2) is 8.22. The van der Waals surface area contributed by atoms with Gasteiger partial charge in [0.1, 0.15) is 5.57 Å². The van der Waals surface area contributed by atoms with Crippen molar-refractivity contribution in [2.75, 3.05) is 4.90 Å². The fraction of sp³-hybridized carbons (Fsp3) is 0.0417. The second-order valence-corrected chi connectivity index (χ2v) is 7.71. The van der Waals surface area contributed by atoms with E-state index in [4.69, 9.17) is 23.8 Å². The Balaban J connectivity index is 1.77. The van der Waals surface area contributed by atoms with Crippen molar-refractivity contribution in [2.24, 2.45) is 0 Å². The van der Waals surface area contributed by atoms with Crippen LogP contribution in [0.4, 0.5) is 5.69 Å². The van der Waals surface area contributed by atoms with Crippen LogP contribution in [0.2, 0.25) is 5.02 Å². The summed E-state index contributed by atoms with van der Waals surface area (Å²) in [5, 5.41) is 3.19. The molecule has 0 bridgehead atoms. The average Bonchev–Trinajstić information content (AvgIpc) is 2.73. The van der Waals surface area contributed by atoms with Crippen LogP contribution < -0.4 is 10.2 Å². The molecule has 30 heavy (non-hydrogen) atoms. The maximum absolute atomic E-state index is 13.2. The molecule has 3 aromatic carbocycles. The van der Waals surface area contributed by atoms with Crippen LogP contribution in [0.3, 0.4) is 0 Å². The summed E-state index contributed by atoms with van der Waals surface area (Å²) in [6, 6.07) is 22.4. The fourth-order valence-corrected chi connectivity index (χ4v) is 3.66. The molecule has 1 fully saturated rings. The van der Waals surface area contributed by atoms with Gasteiger partial charge in [-0.2, -0.15) is 0 Å². The summed E-state index contributed by atoms with van der Waals surface area (Å²) in [5.74, 6) is -1.00. The van der Waals surface area contributed by atoms with Crippen molar-refractivity contribution in [3.63, 3.8) is 0 Å². The number of aryl methyl sites for hydroxylation is 1. The monoisotopic (exact) mass is 432 g/mol. The van der Waals surface area contributed by atoms with Gasteiger partial charge in [0.25, 0.3) is 11.8 Å². The Morgan fingerprint density at radius 1 is 0.933 bits per heavy atom. The third-order valence-electron chi connectivity index (χ3n) is 4.81. The van der Waals surface area contributed by atoms with Gasteiger partial charge in [-0.1, -0.05) is 65.7 Å². The van der Waals surface area contributed by atoms with E-state index in [-0.39, 0.29) is 10.7 Å². The lowest BCUT2D eigenvalue weighted by atomic mass is 9.96. The zero-order valence-electron chi connectivity index (χ0n) is 16.1. The van der Waals surface area contributed by atoms with Crippen LogP contribution in [0.1, 0.15) is 11.1 Å². The molecule has 4 rings (SSSR count). The zero-order valence-corrected chi connectivity index (χ0v) is 17.6. The normalized spacial score (nSPS) is 15.5. The van der Waals surface area contributed by atoms with Gasteiger partial charge in [0.2, 0.25) is 0 Å². The van der Waals surface area contributed by atoms with Gasteiger partial charge >= 0.3 is 0 Å². The number of benzene rings is 3. The van der Waals surface area contributed by atoms with E-state index >= 15 is 0 Å². The van der Waals surface area contributed by atoms with E-state index in [0.717, 1.165) is 22.3 Å². The predicted octanol–water partition coefficient (Wildman–Crippen LogP) is 5.15. The largest absolute Gasteiger partial charge is 0.298 e. The minimum atomic E-state index is -0.520. The van der Waals surface area contributed by atoms with Gasteiger partial charge in [-0.25, -0.2) is 0 Å². The molecule has 6 heteroatoms. The van der Waals surface area contributed by atoms with Crippen molar-refractivity contribution >= 4 is 52.5 Å². The van der Waals surface area contributed by atoms with E-state index in [1.165, 1.54) is 4.90 Å². The average molecular weight is 433 g/mol. The molecular weight excluding hydrogens is 416 g/mol. The molecule has 0 spiro atoms. The lowest BCUT2D eigenvalue weighted by Gasteiger charge is -2.29. The first kappa shape index (κ1) is 20.0. The van der Waals surface area contributed by atoms with Gasteiger partial charge in [0.05, 0.1) is 5.69 Å². The van der Waals surface area contributed by atoms with Crippen LogP contribution in [-0.4, -0.2) is 16.9 Å².